The van der Waals surface area contributed by atoms with Crippen molar-refractivity contribution < 1.29 is 9.69 Å². The lowest BCUT2D eigenvalue weighted by Gasteiger charge is -2.34. The number of nitriles is 1. The molecule has 2 aromatic rings. The molecule has 0 unspecified atom stereocenters. The number of carbonyl (C=O) groups is 1. The van der Waals surface area contributed by atoms with Crippen molar-refractivity contribution in [3.8, 4) is 6.07 Å². The van der Waals surface area contributed by atoms with Gasteiger partial charge in [-0.15, -0.1) is 0 Å². The van der Waals surface area contributed by atoms with Crippen LogP contribution in [0.4, 0.5) is 5.69 Å². The minimum Gasteiger partial charge on any atom is -0.360 e. The normalized spacial score (nSPS) is 14.8. The molecule has 0 aliphatic carbocycles. The summed E-state index contributed by atoms with van der Waals surface area (Å²) < 4.78 is 2.73. The summed E-state index contributed by atoms with van der Waals surface area (Å²) in [4.78, 5) is 15.2. The Hall–Kier alpha value is -2.49. The molecule has 5 nitrogen and oxygen atoms in total. The zero-order valence-electron chi connectivity index (χ0n) is 16.1. The summed E-state index contributed by atoms with van der Waals surface area (Å²) in [5.74, 6) is 0.0952. The van der Waals surface area contributed by atoms with Gasteiger partial charge in [0.2, 0.25) is 0 Å². The number of benzene rings is 1. The number of pyridine rings is 1. The SMILES string of the molecule is CC(=O)c1ccc(N2CC[NH+](Cn3c(C)cc(C)c(C#N)c3=S)CC2)cc1. The Morgan fingerprint density at radius 1 is 1.22 bits per heavy atom. The molecular weight excluding hydrogens is 356 g/mol. The summed E-state index contributed by atoms with van der Waals surface area (Å²) in [7, 11) is 0. The number of carbonyl (C=O) groups excluding carboxylic acids is 1. The molecule has 0 radical (unpaired) electrons. The molecule has 1 aliphatic heterocycles. The number of anilines is 1. The highest BCUT2D eigenvalue weighted by atomic mass is 32.1. The number of piperazine rings is 1. The first-order chi connectivity index (χ1) is 12.9. The number of rotatable bonds is 4. The third-order valence-electron chi connectivity index (χ3n) is 5.31. The molecule has 1 aromatic carbocycles. The summed E-state index contributed by atoms with van der Waals surface area (Å²) in [6, 6.07) is 12.1. The van der Waals surface area contributed by atoms with E-state index in [9.17, 15) is 10.1 Å². The summed E-state index contributed by atoms with van der Waals surface area (Å²) in [5, 5.41) is 9.37. The molecule has 6 heteroatoms. The predicted octanol–water partition coefficient (Wildman–Crippen LogP) is 2.27. The second-order valence-electron chi connectivity index (χ2n) is 7.19. The maximum Gasteiger partial charge on any atom is 0.159 e. The van der Waals surface area contributed by atoms with Gasteiger partial charge >= 0.3 is 0 Å². The molecule has 0 amide bonds. The van der Waals surface area contributed by atoms with Gasteiger partial charge in [-0.25, -0.2) is 0 Å². The van der Waals surface area contributed by atoms with Crippen LogP contribution >= 0.6 is 12.2 Å². The van der Waals surface area contributed by atoms with E-state index in [0.717, 1.165) is 55.4 Å². The van der Waals surface area contributed by atoms with E-state index in [1.807, 2.05) is 37.3 Å². The van der Waals surface area contributed by atoms with E-state index in [2.05, 4.69) is 22.5 Å². The molecule has 1 aromatic heterocycles. The van der Waals surface area contributed by atoms with Crippen molar-refractivity contribution in [2.75, 3.05) is 31.1 Å². The van der Waals surface area contributed by atoms with Crippen molar-refractivity contribution in [3.63, 3.8) is 0 Å². The number of aryl methyl sites for hydroxylation is 2. The molecule has 2 heterocycles. The molecule has 0 spiro atoms. The molecule has 1 saturated heterocycles. The van der Waals surface area contributed by atoms with Gasteiger partial charge < -0.3 is 9.80 Å². The predicted molar refractivity (Wildman–Crippen MR) is 109 cm³/mol. The molecule has 140 valence electrons. The van der Waals surface area contributed by atoms with E-state index in [4.69, 9.17) is 12.2 Å². The second-order valence-corrected chi connectivity index (χ2v) is 7.57. The first-order valence-corrected chi connectivity index (χ1v) is 9.62. The number of Topliss-reactive ketones (excluding diaryl/α,β-unsaturated/α-hetero) is 1. The molecule has 1 fully saturated rings. The average molecular weight is 382 g/mol. The number of quaternary nitrogens is 1. The highest BCUT2D eigenvalue weighted by Gasteiger charge is 2.21. The fraction of sp³-hybridized carbons (Fsp3) is 0.381. The van der Waals surface area contributed by atoms with Crippen LogP contribution in [0.25, 0.3) is 0 Å². The number of ketones is 1. The Balaban J connectivity index is 1.68. The summed E-state index contributed by atoms with van der Waals surface area (Å²) in [6.07, 6.45) is 0. The fourth-order valence-corrected chi connectivity index (χ4v) is 4.04. The van der Waals surface area contributed by atoms with E-state index >= 15 is 0 Å². The number of nitrogens with one attached hydrogen (secondary N) is 1. The van der Waals surface area contributed by atoms with Crippen molar-refractivity contribution in [3.05, 3.63) is 57.4 Å². The van der Waals surface area contributed by atoms with E-state index in [1.165, 1.54) is 4.90 Å². The van der Waals surface area contributed by atoms with Crippen LogP contribution < -0.4 is 9.80 Å². The highest BCUT2D eigenvalue weighted by Crippen LogP contribution is 2.16. The zero-order chi connectivity index (χ0) is 19.6. The highest BCUT2D eigenvalue weighted by molar-refractivity contribution is 7.71. The Morgan fingerprint density at radius 3 is 2.41 bits per heavy atom. The largest absolute Gasteiger partial charge is 0.360 e. The van der Waals surface area contributed by atoms with Gasteiger partial charge in [-0.05, 0) is 56.7 Å². The van der Waals surface area contributed by atoms with Gasteiger partial charge in [0.1, 0.15) is 10.7 Å². The zero-order valence-corrected chi connectivity index (χ0v) is 16.9. The first kappa shape index (κ1) is 19.3. The first-order valence-electron chi connectivity index (χ1n) is 9.21. The number of aromatic nitrogens is 1. The lowest BCUT2D eigenvalue weighted by atomic mass is 10.1. The van der Waals surface area contributed by atoms with Gasteiger partial charge in [0.25, 0.3) is 0 Å². The van der Waals surface area contributed by atoms with Crippen LogP contribution in [0.3, 0.4) is 0 Å². The molecule has 1 N–H and O–H groups in total. The smallest absolute Gasteiger partial charge is 0.159 e. The molecule has 1 aliphatic rings. The van der Waals surface area contributed by atoms with Gasteiger partial charge in [0, 0.05) is 16.9 Å². The van der Waals surface area contributed by atoms with Gasteiger partial charge in [-0.3, -0.25) is 9.36 Å². The van der Waals surface area contributed by atoms with Crippen LogP contribution in [0.5, 0.6) is 0 Å². The quantitative estimate of drug-likeness (QED) is 0.652. The van der Waals surface area contributed by atoms with E-state index in [0.29, 0.717) is 10.2 Å². The Kier molecular flexibility index (Phi) is 5.73. The van der Waals surface area contributed by atoms with Crippen LogP contribution in [-0.4, -0.2) is 36.5 Å². The maximum atomic E-state index is 11.4. The van der Waals surface area contributed by atoms with Crippen LogP contribution in [0.2, 0.25) is 0 Å². The Labute approximate surface area is 165 Å². The summed E-state index contributed by atoms with van der Waals surface area (Å²) in [6.45, 7) is 10.3. The van der Waals surface area contributed by atoms with E-state index < -0.39 is 0 Å². The monoisotopic (exact) mass is 381 g/mol. The van der Waals surface area contributed by atoms with E-state index in [1.54, 1.807) is 6.92 Å². The third kappa shape index (κ3) is 4.10. The summed E-state index contributed by atoms with van der Waals surface area (Å²) in [5.41, 5.74) is 4.57. The minimum absolute atomic E-state index is 0.0952. The van der Waals surface area contributed by atoms with Gasteiger partial charge in [-0.1, -0.05) is 12.2 Å². The Bertz CT molecular complexity index is 948. The molecule has 0 bridgehead atoms. The second kappa shape index (κ2) is 8.03. The number of hydrogen-bond donors (Lipinski definition) is 1. The van der Waals surface area contributed by atoms with Crippen LogP contribution in [0.15, 0.2) is 30.3 Å². The van der Waals surface area contributed by atoms with E-state index in [-0.39, 0.29) is 5.78 Å². The van der Waals surface area contributed by atoms with Crippen molar-refractivity contribution in [1.29, 1.82) is 5.26 Å². The van der Waals surface area contributed by atoms with Crippen molar-refractivity contribution in [1.82, 2.24) is 4.57 Å². The standard InChI is InChI=1S/C21H24N4OS/c1-15-12-16(2)25(21(27)20(15)13-22)14-23-8-10-24(11-9-23)19-6-4-18(5-7-19)17(3)26/h4-7,12H,8-11,14H2,1-3H3/p+1. The summed E-state index contributed by atoms with van der Waals surface area (Å²) >= 11 is 5.56. The van der Waals surface area contributed by atoms with Gasteiger partial charge in [0.05, 0.1) is 31.7 Å². The fourth-order valence-electron chi connectivity index (χ4n) is 3.63. The van der Waals surface area contributed by atoms with Crippen molar-refractivity contribution >= 4 is 23.7 Å². The molecule has 0 saturated carbocycles. The van der Waals surface area contributed by atoms with Crippen LogP contribution in [0.1, 0.15) is 34.1 Å². The Morgan fingerprint density at radius 2 is 1.85 bits per heavy atom. The topological polar surface area (TPSA) is 53.5 Å². The molecule has 3 rings (SSSR count). The van der Waals surface area contributed by atoms with Gasteiger partial charge in [0.15, 0.2) is 12.5 Å². The van der Waals surface area contributed by atoms with Gasteiger partial charge in [-0.2, -0.15) is 5.26 Å². The lowest BCUT2D eigenvalue weighted by molar-refractivity contribution is -0.923. The molecule has 27 heavy (non-hydrogen) atoms. The minimum atomic E-state index is 0.0952. The molecular formula is C21H25N4OS+. The lowest BCUT2D eigenvalue weighted by Crippen LogP contribution is -3.14. The molecule has 0 atom stereocenters. The number of hydrogen-bond acceptors (Lipinski definition) is 4. The van der Waals surface area contributed by atoms with Crippen LogP contribution in [0, 0.1) is 29.8 Å². The number of nitrogens with zero attached hydrogens (tertiary/aromatic N) is 3. The van der Waals surface area contributed by atoms with Crippen molar-refractivity contribution in [2.45, 2.75) is 27.4 Å². The van der Waals surface area contributed by atoms with Crippen LogP contribution in [-0.2, 0) is 6.67 Å². The van der Waals surface area contributed by atoms with Crippen molar-refractivity contribution in [2.24, 2.45) is 0 Å². The maximum absolute atomic E-state index is 11.4. The average Bonchev–Trinajstić information content (AvgIpc) is 2.66. The third-order valence-corrected chi connectivity index (χ3v) is 5.73.